The molecule has 25 heavy (non-hydrogen) atoms. The molecule has 0 aliphatic heterocycles. The molecule has 2 aromatic carbocycles. The Labute approximate surface area is 147 Å². The number of benzene rings is 2. The maximum Gasteiger partial charge on any atom is 0.316 e. The SMILES string of the molecule is NC(=O)c1ccc(NC(=O)COC(=O)CSc2ccccc2F)cc1. The van der Waals surface area contributed by atoms with Crippen LogP contribution in [0.3, 0.4) is 0 Å². The highest BCUT2D eigenvalue weighted by molar-refractivity contribution is 8.00. The molecule has 0 heterocycles. The Hall–Kier alpha value is -2.87. The van der Waals surface area contributed by atoms with Crippen molar-refractivity contribution in [2.24, 2.45) is 5.73 Å². The second kappa shape index (κ2) is 8.84. The maximum absolute atomic E-state index is 13.4. The van der Waals surface area contributed by atoms with Gasteiger partial charge in [0.2, 0.25) is 5.91 Å². The largest absolute Gasteiger partial charge is 0.455 e. The molecule has 0 atom stereocenters. The number of halogens is 1. The minimum atomic E-state index is -0.632. The predicted molar refractivity (Wildman–Crippen MR) is 91.7 cm³/mol. The van der Waals surface area contributed by atoms with Gasteiger partial charge in [-0.05, 0) is 36.4 Å². The van der Waals surface area contributed by atoms with Gasteiger partial charge in [0, 0.05) is 16.1 Å². The Kier molecular flexibility index (Phi) is 6.53. The van der Waals surface area contributed by atoms with E-state index in [1.165, 1.54) is 30.3 Å². The fourth-order valence-electron chi connectivity index (χ4n) is 1.80. The second-order valence-corrected chi connectivity index (χ2v) is 5.89. The van der Waals surface area contributed by atoms with Crippen LogP contribution in [0.4, 0.5) is 10.1 Å². The van der Waals surface area contributed by atoms with Crippen molar-refractivity contribution < 1.29 is 23.5 Å². The van der Waals surface area contributed by atoms with Crippen molar-refractivity contribution in [1.29, 1.82) is 0 Å². The van der Waals surface area contributed by atoms with Crippen LogP contribution in [0.15, 0.2) is 53.4 Å². The Balaban J connectivity index is 1.74. The van der Waals surface area contributed by atoms with Crippen molar-refractivity contribution in [3.8, 4) is 0 Å². The Morgan fingerprint density at radius 1 is 1.08 bits per heavy atom. The van der Waals surface area contributed by atoms with Crippen LogP contribution in [-0.2, 0) is 14.3 Å². The van der Waals surface area contributed by atoms with Gasteiger partial charge in [-0.2, -0.15) is 0 Å². The lowest BCUT2D eigenvalue weighted by atomic mass is 10.2. The molecule has 0 saturated carbocycles. The first-order chi connectivity index (χ1) is 12.0. The van der Waals surface area contributed by atoms with Gasteiger partial charge in [-0.25, -0.2) is 4.39 Å². The summed E-state index contributed by atoms with van der Waals surface area (Å²) >= 11 is 0.990. The summed E-state index contributed by atoms with van der Waals surface area (Å²) in [6.45, 7) is -0.464. The zero-order valence-corrected chi connectivity index (χ0v) is 13.8. The van der Waals surface area contributed by atoms with Crippen LogP contribution in [0.25, 0.3) is 0 Å². The van der Waals surface area contributed by atoms with E-state index in [4.69, 9.17) is 10.5 Å². The third kappa shape index (κ3) is 5.92. The molecule has 0 fully saturated rings. The molecular weight excluding hydrogens is 347 g/mol. The van der Waals surface area contributed by atoms with Gasteiger partial charge in [-0.1, -0.05) is 12.1 Å². The normalized spacial score (nSPS) is 10.1. The first kappa shape index (κ1) is 18.5. The first-order valence-corrected chi connectivity index (χ1v) is 8.17. The van der Waals surface area contributed by atoms with Gasteiger partial charge in [0.25, 0.3) is 5.91 Å². The highest BCUT2D eigenvalue weighted by atomic mass is 32.2. The summed E-state index contributed by atoms with van der Waals surface area (Å²) in [6.07, 6.45) is 0. The molecule has 3 N–H and O–H groups in total. The molecule has 2 aromatic rings. The van der Waals surface area contributed by atoms with Crippen molar-refractivity contribution >= 4 is 35.2 Å². The summed E-state index contributed by atoms with van der Waals surface area (Å²) < 4.78 is 18.2. The number of hydrogen-bond donors (Lipinski definition) is 2. The minimum absolute atomic E-state index is 0.110. The molecule has 0 saturated heterocycles. The number of amides is 2. The van der Waals surface area contributed by atoms with Crippen molar-refractivity contribution in [1.82, 2.24) is 0 Å². The lowest BCUT2D eigenvalue weighted by Crippen LogP contribution is -2.21. The number of esters is 1. The van der Waals surface area contributed by atoms with E-state index in [2.05, 4.69) is 5.32 Å². The molecule has 8 heteroatoms. The van der Waals surface area contributed by atoms with Crippen LogP contribution in [0, 0.1) is 5.82 Å². The maximum atomic E-state index is 13.4. The van der Waals surface area contributed by atoms with Gasteiger partial charge < -0.3 is 15.8 Å². The Bertz CT molecular complexity index is 780. The molecule has 0 radical (unpaired) electrons. The van der Waals surface area contributed by atoms with E-state index in [1.807, 2.05) is 0 Å². The molecular formula is C17H15FN2O4S. The smallest absolute Gasteiger partial charge is 0.316 e. The molecule has 2 amide bonds. The number of rotatable bonds is 7. The zero-order chi connectivity index (χ0) is 18.2. The summed E-state index contributed by atoms with van der Waals surface area (Å²) in [7, 11) is 0. The van der Waals surface area contributed by atoms with E-state index >= 15 is 0 Å². The fourth-order valence-corrected chi connectivity index (χ4v) is 2.54. The monoisotopic (exact) mass is 362 g/mol. The van der Waals surface area contributed by atoms with Gasteiger partial charge in [0.05, 0.1) is 5.75 Å². The van der Waals surface area contributed by atoms with Gasteiger partial charge in [0.15, 0.2) is 6.61 Å². The second-order valence-electron chi connectivity index (χ2n) is 4.87. The average Bonchev–Trinajstić information content (AvgIpc) is 2.59. The van der Waals surface area contributed by atoms with Crippen LogP contribution < -0.4 is 11.1 Å². The number of nitrogens with two attached hydrogens (primary N) is 1. The van der Waals surface area contributed by atoms with Crippen LogP contribution in [0.1, 0.15) is 10.4 Å². The van der Waals surface area contributed by atoms with Crippen LogP contribution in [-0.4, -0.2) is 30.1 Å². The van der Waals surface area contributed by atoms with E-state index in [0.29, 0.717) is 16.1 Å². The molecule has 2 rings (SSSR count). The number of anilines is 1. The number of nitrogens with one attached hydrogen (secondary N) is 1. The number of carbonyl (C=O) groups excluding carboxylic acids is 3. The summed E-state index contributed by atoms with van der Waals surface area (Å²) in [5, 5.41) is 2.51. The topological polar surface area (TPSA) is 98.5 Å². The van der Waals surface area contributed by atoms with Crippen molar-refractivity contribution in [2.45, 2.75) is 4.90 Å². The quantitative estimate of drug-likeness (QED) is 0.581. The van der Waals surface area contributed by atoms with Crippen LogP contribution >= 0.6 is 11.8 Å². The molecule has 0 aliphatic rings. The average molecular weight is 362 g/mol. The Morgan fingerprint density at radius 2 is 1.76 bits per heavy atom. The number of hydrogen-bond acceptors (Lipinski definition) is 5. The van der Waals surface area contributed by atoms with E-state index in [0.717, 1.165) is 11.8 Å². The standard InChI is InChI=1S/C17H15FN2O4S/c18-13-3-1-2-4-14(13)25-10-16(22)24-9-15(21)20-12-7-5-11(6-8-12)17(19)23/h1-8H,9-10H2,(H2,19,23)(H,20,21). The highest BCUT2D eigenvalue weighted by Crippen LogP contribution is 2.21. The Morgan fingerprint density at radius 3 is 2.40 bits per heavy atom. The third-order valence-electron chi connectivity index (χ3n) is 3.00. The number of carbonyl (C=O) groups is 3. The molecule has 0 aromatic heterocycles. The molecule has 0 unspecified atom stereocenters. The van der Waals surface area contributed by atoms with Crippen molar-refractivity contribution in [3.63, 3.8) is 0 Å². The fraction of sp³-hybridized carbons (Fsp3) is 0.118. The van der Waals surface area contributed by atoms with Gasteiger partial charge >= 0.3 is 5.97 Å². The summed E-state index contributed by atoms with van der Waals surface area (Å²) in [6, 6.07) is 12.0. The minimum Gasteiger partial charge on any atom is -0.455 e. The summed E-state index contributed by atoms with van der Waals surface area (Å²) in [5.41, 5.74) is 5.87. The number of thioether (sulfide) groups is 1. The lowest BCUT2D eigenvalue weighted by Gasteiger charge is -2.07. The molecule has 0 aliphatic carbocycles. The van der Waals surface area contributed by atoms with Crippen molar-refractivity contribution in [2.75, 3.05) is 17.7 Å². The first-order valence-electron chi connectivity index (χ1n) is 7.18. The van der Waals surface area contributed by atoms with Gasteiger partial charge in [-0.15, -0.1) is 11.8 Å². The molecule has 6 nitrogen and oxygen atoms in total. The van der Waals surface area contributed by atoms with E-state index < -0.39 is 30.2 Å². The van der Waals surface area contributed by atoms with Crippen LogP contribution in [0.2, 0.25) is 0 Å². The molecule has 0 bridgehead atoms. The summed E-state index contributed by atoms with van der Waals surface area (Å²) in [4.78, 5) is 34.6. The lowest BCUT2D eigenvalue weighted by molar-refractivity contribution is -0.144. The van der Waals surface area contributed by atoms with E-state index in [-0.39, 0.29) is 5.75 Å². The van der Waals surface area contributed by atoms with Gasteiger partial charge in [-0.3, -0.25) is 14.4 Å². The predicted octanol–water partition coefficient (Wildman–Crippen LogP) is 2.20. The molecule has 130 valence electrons. The van der Waals surface area contributed by atoms with Gasteiger partial charge in [0.1, 0.15) is 5.82 Å². The zero-order valence-electron chi connectivity index (χ0n) is 13.0. The van der Waals surface area contributed by atoms with E-state index in [1.54, 1.807) is 18.2 Å². The number of ether oxygens (including phenoxy) is 1. The summed E-state index contributed by atoms with van der Waals surface area (Å²) in [5.74, 6) is -2.26. The number of primary amides is 1. The highest BCUT2D eigenvalue weighted by Gasteiger charge is 2.10. The molecule has 0 spiro atoms. The third-order valence-corrected chi connectivity index (χ3v) is 4.02. The van der Waals surface area contributed by atoms with E-state index in [9.17, 15) is 18.8 Å². The van der Waals surface area contributed by atoms with Crippen molar-refractivity contribution in [3.05, 3.63) is 59.9 Å². The van der Waals surface area contributed by atoms with Crippen LogP contribution in [0.5, 0.6) is 0 Å².